The highest BCUT2D eigenvalue weighted by Gasteiger charge is 2.48. The molecule has 8 heteroatoms. The number of ether oxygens (including phenoxy) is 3. The van der Waals surface area contributed by atoms with Gasteiger partial charge in [0, 0.05) is 37.8 Å². The van der Waals surface area contributed by atoms with Gasteiger partial charge in [0.15, 0.2) is 0 Å². The van der Waals surface area contributed by atoms with Crippen LogP contribution in [0.3, 0.4) is 0 Å². The van der Waals surface area contributed by atoms with Crippen molar-refractivity contribution in [2.45, 2.75) is 44.2 Å². The van der Waals surface area contributed by atoms with Gasteiger partial charge in [0.05, 0.1) is 37.4 Å². The summed E-state index contributed by atoms with van der Waals surface area (Å²) in [5, 5.41) is 12.1. The molecule has 1 aromatic rings. The van der Waals surface area contributed by atoms with Crippen LogP contribution in [0, 0.1) is 16.0 Å². The van der Waals surface area contributed by atoms with Gasteiger partial charge in [-0.1, -0.05) is 0 Å². The zero-order chi connectivity index (χ0) is 20.1. The zero-order valence-electron chi connectivity index (χ0n) is 16.8. The minimum absolute atomic E-state index is 0.116. The highest BCUT2D eigenvalue weighted by Crippen LogP contribution is 2.44. The molecule has 28 heavy (non-hydrogen) atoms. The van der Waals surface area contributed by atoms with Gasteiger partial charge in [-0.15, -0.1) is 0 Å². The topological polar surface area (TPSA) is 87.2 Å². The fourth-order valence-electron chi connectivity index (χ4n) is 4.69. The third kappa shape index (κ3) is 4.24. The first kappa shape index (κ1) is 20.8. The van der Waals surface area contributed by atoms with Crippen LogP contribution in [0.4, 0.5) is 0 Å². The molecule has 1 fully saturated rings. The van der Waals surface area contributed by atoms with E-state index in [2.05, 4.69) is 4.90 Å². The molecule has 0 N–H and O–H groups in total. The van der Waals surface area contributed by atoms with Gasteiger partial charge < -0.3 is 23.5 Å². The molecule has 1 aromatic heterocycles. The maximum absolute atomic E-state index is 12.1. The van der Waals surface area contributed by atoms with Gasteiger partial charge in [0.2, 0.25) is 6.04 Å². The number of furan rings is 1. The van der Waals surface area contributed by atoms with Gasteiger partial charge in [-0.2, -0.15) is 0 Å². The molecule has 2 heterocycles. The highest BCUT2D eigenvalue weighted by atomic mass is 16.7. The van der Waals surface area contributed by atoms with Crippen molar-refractivity contribution in [2.24, 2.45) is 5.92 Å². The van der Waals surface area contributed by atoms with E-state index in [1.165, 1.54) is 5.70 Å². The molecule has 3 rings (SSSR count). The van der Waals surface area contributed by atoms with E-state index >= 15 is 0 Å². The maximum Gasteiger partial charge on any atom is 0.232 e. The molecular formula is C20H30N2O6. The summed E-state index contributed by atoms with van der Waals surface area (Å²) < 4.78 is 21.6. The van der Waals surface area contributed by atoms with Gasteiger partial charge in [0.25, 0.3) is 0 Å². The Morgan fingerprint density at radius 2 is 2.14 bits per heavy atom. The summed E-state index contributed by atoms with van der Waals surface area (Å²) in [4.78, 5) is 14.3. The molecule has 1 saturated heterocycles. The third-order valence-electron chi connectivity index (χ3n) is 5.98. The molecule has 1 aliphatic carbocycles. The van der Waals surface area contributed by atoms with E-state index in [0.29, 0.717) is 24.8 Å². The molecule has 0 radical (unpaired) electrons. The van der Waals surface area contributed by atoms with E-state index in [1.807, 2.05) is 13.0 Å². The quantitative estimate of drug-likeness (QED) is 0.275. The molecule has 0 amide bonds. The van der Waals surface area contributed by atoms with Crippen molar-refractivity contribution in [1.82, 2.24) is 4.90 Å². The minimum Gasteiger partial charge on any atom is -0.469 e. The molecule has 1 aliphatic heterocycles. The lowest BCUT2D eigenvalue weighted by molar-refractivity contribution is -0.537. The lowest BCUT2D eigenvalue weighted by Gasteiger charge is -2.39. The number of nitro groups is 1. The van der Waals surface area contributed by atoms with Gasteiger partial charge in [-0.05, 0) is 37.5 Å². The van der Waals surface area contributed by atoms with E-state index in [4.69, 9.17) is 18.6 Å². The lowest BCUT2D eigenvalue weighted by Crippen LogP contribution is -2.45. The summed E-state index contributed by atoms with van der Waals surface area (Å²) in [6, 6.07) is 3.13. The first-order valence-electron chi connectivity index (χ1n) is 9.77. The van der Waals surface area contributed by atoms with E-state index in [0.717, 1.165) is 25.0 Å². The van der Waals surface area contributed by atoms with E-state index < -0.39 is 6.04 Å². The summed E-state index contributed by atoms with van der Waals surface area (Å²) in [5.41, 5.74) is 2.20. The van der Waals surface area contributed by atoms with Gasteiger partial charge in [0.1, 0.15) is 12.6 Å². The molecule has 4 atom stereocenters. The Morgan fingerprint density at radius 1 is 1.32 bits per heavy atom. The Morgan fingerprint density at radius 3 is 2.79 bits per heavy atom. The van der Waals surface area contributed by atoms with Crippen LogP contribution in [0.1, 0.15) is 37.9 Å². The fraction of sp³-hybridized carbons (Fsp3) is 0.700. The van der Waals surface area contributed by atoms with Crippen LogP contribution >= 0.6 is 0 Å². The number of allylic oxidation sites excluding steroid dienone is 1. The predicted molar refractivity (Wildman–Crippen MR) is 102 cm³/mol. The molecule has 0 unspecified atom stereocenters. The lowest BCUT2D eigenvalue weighted by atomic mass is 9.74. The molecule has 8 nitrogen and oxygen atoms in total. The van der Waals surface area contributed by atoms with Crippen LogP contribution in [0.25, 0.3) is 0 Å². The summed E-state index contributed by atoms with van der Waals surface area (Å²) in [5.74, 6) is -0.0117. The van der Waals surface area contributed by atoms with E-state index in [1.54, 1.807) is 26.5 Å². The van der Waals surface area contributed by atoms with Crippen molar-refractivity contribution in [3.63, 3.8) is 0 Å². The van der Waals surface area contributed by atoms with Crippen molar-refractivity contribution >= 4 is 0 Å². The average Bonchev–Trinajstić information content (AvgIpc) is 3.35. The number of methoxy groups -OCH3 is 2. The van der Waals surface area contributed by atoms with E-state index in [9.17, 15) is 10.1 Å². The standard InChI is InChI=1S/C20H30N2O6/c1-14-17(12-27-13-26-3)20(22(23)24)16(19-7-5-9-28-19)10-18(14)21-8-4-6-15(21)11-25-2/h5,7,9,15-17,20H,4,6,8,10-13H2,1-3H3/t15-,16+,17-,20+/m0/s1. The highest BCUT2D eigenvalue weighted by molar-refractivity contribution is 5.27. The van der Waals surface area contributed by atoms with Crippen molar-refractivity contribution in [3.05, 3.63) is 45.5 Å². The predicted octanol–water partition coefficient (Wildman–Crippen LogP) is 3.03. The normalized spacial score (nSPS) is 28.2. The Labute approximate surface area is 165 Å². The first-order valence-corrected chi connectivity index (χ1v) is 9.77. The van der Waals surface area contributed by atoms with Crippen LogP contribution in [0.5, 0.6) is 0 Å². The molecular weight excluding hydrogens is 364 g/mol. The summed E-state index contributed by atoms with van der Waals surface area (Å²) in [6.45, 7) is 3.97. The zero-order valence-corrected chi connectivity index (χ0v) is 16.8. The summed E-state index contributed by atoms with van der Waals surface area (Å²) in [7, 11) is 3.26. The van der Waals surface area contributed by atoms with Gasteiger partial charge in [-0.3, -0.25) is 10.1 Å². The largest absolute Gasteiger partial charge is 0.469 e. The molecule has 0 spiro atoms. The van der Waals surface area contributed by atoms with Gasteiger partial charge >= 0.3 is 0 Å². The van der Waals surface area contributed by atoms with Crippen LogP contribution in [0.15, 0.2) is 34.1 Å². The molecule has 0 saturated carbocycles. The van der Waals surface area contributed by atoms with E-state index in [-0.39, 0.29) is 30.2 Å². The smallest absolute Gasteiger partial charge is 0.232 e. The fourth-order valence-corrected chi connectivity index (χ4v) is 4.69. The van der Waals surface area contributed by atoms with Crippen molar-refractivity contribution < 1.29 is 23.6 Å². The van der Waals surface area contributed by atoms with Crippen molar-refractivity contribution in [2.75, 3.05) is 40.8 Å². The first-order chi connectivity index (χ1) is 13.6. The van der Waals surface area contributed by atoms with Crippen LogP contribution in [0.2, 0.25) is 0 Å². The molecule has 0 aromatic carbocycles. The van der Waals surface area contributed by atoms with Crippen LogP contribution in [-0.4, -0.2) is 62.7 Å². The second-order valence-electron chi connectivity index (χ2n) is 7.56. The summed E-state index contributed by atoms with van der Waals surface area (Å²) in [6.07, 6.45) is 4.34. The number of likely N-dealkylation sites (tertiary alicyclic amines) is 1. The monoisotopic (exact) mass is 394 g/mol. The van der Waals surface area contributed by atoms with Crippen molar-refractivity contribution in [1.29, 1.82) is 0 Å². The van der Waals surface area contributed by atoms with Crippen molar-refractivity contribution in [3.8, 4) is 0 Å². The minimum atomic E-state index is -0.796. The van der Waals surface area contributed by atoms with Crippen LogP contribution in [-0.2, 0) is 14.2 Å². The number of hydrogen-bond donors (Lipinski definition) is 0. The Hall–Kier alpha value is -1.90. The number of rotatable bonds is 9. The number of nitrogens with zero attached hydrogens (tertiary/aromatic N) is 2. The molecule has 2 aliphatic rings. The molecule has 156 valence electrons. The number of hydrogen-bond acceptors (Lipinski definition) is 7. The SMILES string of the molecule is COCOC[C@H]1C(C)=C(N2CCC[C@H]2COC)C[C@H](c2ccco2)[C@H]1[N+](=O)[O-]. The average molecular weight is 394 g/mol. The summed E-state index contributed by atoms with van der Waals surface area (Å²) >= 11 is 0. The van der Waals surface area contributed by atoms with Crippen LogP contribution < -0.4 is 0 Å². The second kappa shape index (κ2) is 9.54. The third-order valence-corrected chi connectivity index (χ3v) is 5.98. The Balaban J connectivity index is 1.97. The second-order valence-corrected chi connectivity index (χ2v) is 7.56. The van der Waals surface area contributed by atoms with Gasteiger partial charge in [-0.25, -0.2) is 0 Å². The Bertz CT molecular complexity index is 674. The Kier molecular flexibility index (Phi) is 7.09. The maximum atomic E-state index is 12.1. The molecule has 0 bridgehead atoms.